The number of nitro benzene ring substituents is 1. The van der Waals surface area contributed by atoms with Crippen LogP contribution in [-0.2, 0) is 0 Å². The number of rotatable bonds is 6. The van der Waals surface area contributed by atoms with E-state index in [1.807, 2.05) is 6.92 Å². The van der Waals surface area contributed by atoms with Gasteiger partial charge in [-0.1, -0.05) is 6.92 Å². The summed E-state index contributed by atoms with van der Waals surface area (Å²) in [7, 11) is 0. The van der Waals surface area contributed by atoms with Crippen molar-refractivity contribution in [2.24, 2.45) is 0 Å². The number of non-ortho nitro benzene ring substituents is 1. The summed E-state index contributed by atoms with van der Waals surface area (Å²) in [4.78, 5) is 21.5. The molecule has 0 saturated carbocycles. The van der Waals surface area contributed by atoms with E-state index in [9.17, 15) is 14.9 Å². The Labute approximate surface area is 108 Å². The Balaban J connectivity index is 3.04. The molecule has 7 heteroatoms. The number of aliphatic hydroxyl groups is 1. The molecule has 0 amide bonds. The van der Waals surface area contributed by atoms with E-state index < -0.39 is 10.9 Å². The summed E-state index contributed by atoms with van der Waals surface area (Å²) in [6.45, 7) is 1.87. The number of hydrogen-bond donors (Lipinski definition) is 2. The van der Waals surface area contributed by atoms with E-state index in [0.717, 1.165) is 6.07 Å². The molecule has 0 fully saturated rings. The molecular weight excluding hydrogens is 258 g/mol. The van der Waals surface area contributed by atoms with E-state index in [-0.39, 0.29) is 23.1 Å². The van der Waals surface area contributed by atoms with Gasteiger partial charge >= 0.3 is 5.97 Å². The van der Waals surface area contributed by atoms with Crippen LogP contribution in [0.5, 0.6) is 0 Å². The molecule has 2 N–H and O–H groups in total. The second-order valence-corrected chi connectivity index (χ2v) is 5.16. The average molecular weight is 271 g/mol. The van der Waals surface area contributed by atoms with E-state index in [2.05, 4.69) is 0 Å². The topological polar surface area (TPSA) is 101 Å². The van der Waals surface area contributed by atoms with Crippen LogP contribution in [0.15, 0.2) is 23.1 Å². The summed E-state index contributed by atoms with van der Waals surface area (Å²) in [5.41, 5.74) is -0.328. The first-order valence-electron chi connectivity index (χ1n) is 5.25. The van der Waals surface area contributed by atoms with Gasteiger partial charge in [0.05, 0.1) is 10.5 Å². The fourth-order valence-electron chi connectivity index (χ4n) is 1.36. The summed E-state index contributed by atoms with van der Waals surface area (Å²) < 4.78 is 0. The van der Waals surface area contributed by atoms with Gasteiger partial charge in [-0.3, -0.25) is 10.1 Å². The van der Waals surface area contributed by atoms with Gasteiger partial charge in [0.2, 0.25) is 0 Å². The second kappa shape index (κ2) is 6.36. The summed E-state index contributed by atoms with van der Waals surface area (Å²) in [6.07, 6.45) is 0.528. The maximum atomic E-state index is 11.1. The van der Waals surface area contributed by atoms with Gasteiger partial charge in [-0.25, -0.2) is 4.79 Å². The normalized spacial score (nSPS) is 12.1. The zero-order valence-corrected chi connectivity index (χ0v) is 10.5. The number of aliphatic hydroxyl groups excluding tert-OH is 1. The summed E-state index contributed by atoms with van der Waals surface area (Å²) in [5, 5.41) is 28.4. The minimum absolute atomic E-state index is 0.0174. The molecule has 98 valence electrons. The molecule has 1 aromatic carbocycles. The maximum Gasteiger partial charge on any atom is 0.337 e. The minimum atomic E-state index is -1.20. The Kier molecular flexibility index (Phi) is 5.11. The number of hydrogen-bond acceptors (Lipinski definition) is 5. The molecular formula is C11H13NO5S. The van der Waals surface area contributed by atoms with Crippen molar-refractivity contribution in [3.05, 3.63) is 33.9 Å². The van der Waals surface area contributed by atoms with Crippen LogP contribution in [0.2, 0.25) is 0 Å². The second-order valence-electron chi connectivity index (χ2n) is 3.68. The van der Waals surface area contributed by atoms with Gasteiger partial charge in [-0.15, -0.1) is 11.8 Å². The van der Waals surface area contributed by atoms with Gasteiger partial charge in [-0.2, -0.15) is 0 Å². The first kappa shape index (κ1) is 14.5. The van der Waals surface area contributed by atoms with E-state index >= 15 is 0 Å². The van der Waals surface area contributed by atoms with Crippen LogP contribution in [0.3, 0.4) is 0 Å². The lowest BCUT2D eigenvalue weighted by Gasteiger charge is -2.11. The highest BCUT2D eigenvalue weighted by Crippen LogP contribution is 2.30. The lowest BCUT2D eigenvalue weighted by Crippen LogP contribution is -2.04. The molecule has 0 saturated heterocycles. The maximum absolute atomic E-state index is 11.1. The molecule has 0 aliphatic heterocycles. The van der Waals surface area contributed by atoms with Crippen LogP contribution in [0.4, 0.5) is 5.69 Å². The van der Waals surface area contributed by atoms with Gasteiger partial charge in [-0.05, 0) is 12.5 Å². The third-order valence-corrected chi connectivity index (χ3v) is 3.52. The quantitative estimate of drug-likeness (QED) is 0.467. The van der Waals surface area contributed by atoms with Crippen LogP contribution in [0, 0.1) is 10.1 Å². The summed E-state index contributed by atoms with van der Waals surface area (Å²) in [6, 6.07) is 3.76. The van der Waals surface area contributed by atoms with Crippen molar-refractivity contribution in [3.63, 3.8) is 0 Å². The van der Waals surface area contributed by atoms with Crippen molar-refractivity contribution < 1.29 is 19.9 Å². The molecule has 1 aromatic rings. The summed E-state index contributed by atoms with van der Waals surface area (Å²) in [5.74, 6) is -1.20. The average Bonchev–Trinajstić information content (AvgIpc) is 2.29. The van der Waals surface area contributed by atoms with Crippen LogP contribution in [0.25, 0.3) is 0 Å². The van der Waals surface area contributed by atoms with Crippen molar-refractivity contribution >= 4 is 23.4 Å². The molecule has 1 atom stereocenters. The first-order valence-corrected chi connectivity index (χ1v) is 6.13. The SMILES string of the molecule is CC(CCO)Sc1ccc([N+](=O)[O-])cc1C(=O)O. The Morgan fingerprint density at radius 3 is 2.72 bits per heavy atom. The number of nitro groups is 1. The molecule has 0 heterocycles. The molecule has 0 bridgehead atoms. The number of nitrogens with zero attached hydrogens (tertiary/aromatic N) is 1. The Morgan fingerprint density at radius 2 is 2.22 bits per heavy atom. The van der Waals surface area contributed by atoms with Gasteiger partial charge in [0.25, 0.3) is 5.69 Å². The standard InChI is InChI=1S/C11H13NO5S/c1-7(4-5-13)18-10-3-2-8(12(16)17)6-9(10)11(14)15/h2-3,6-7,13H,4-5H2,1H3,(H,14,15). The zero-order valence-electron chi connectivity index (χ0n) is 9.70. The third kappa shape index (κ3) is 3.71. The molecule has 0 spiro atoms. The smallest absolute Gasteiger partial charge is 0.337 e. The zero-order chi connectivity index (χ0) is 13.7. The molecule has 0 aliphatic rings. The van der Waals surface area contributed by atoms with Crippen LogP contribution in [0.1, 0.15) is 23.7 Å². The Bertz CT molecular complexity index is 463. The number of carboxylic acid groups (broad SMARTS) is 1. The van der Waals surface area contributed by atoms with E-state index in [0.29, 0.717) is 11.3 Å². The van der Waals surface area contributed by atoms with Crippen molar-refractivity contribution in [2.45, 2.75) is 23.5 Å². The number of thioether (sulfide) groups is 1. The number of benzene rings is 1. The highest BCUT2D eigenvalue weighted by atomic mass is 32.2. The summed E-state index contributed by atoms with van der Waals surface area (Å²) >= 11 is 1.28. The van der Waals surface area contributed by atoms with Crippen LogP contribution >= 0.6 is 11.8 Å². The Hall–Kier alpha value is -1.60. The van der Waals surface area contributed by atoms with E-state index in [4.69, 9.17) is 10.2 Å². The third-order valence-electron chi connectivity index (χ3n) is 2.27. The fraction of sp³-hybridized carbons (Fsp3) is 0.364. The van der Waals surface area contributed by atoms with Crippen molar-refractivity contribution in [1.82, 2.24) is 0 Å². The molecule has 1 rings (SSSR count). The minimum Gasteiger partial charge on any atom is -0.478 e. The van der Waals surface area contributed by atoms with Gasteiger partial charge in [0, 0.05) is 28.9 Å². The lowest BCUT2D eigenvalue weighted by atomic mass is 10.2. The van der Waals surface area contributed by atoms with Crippen molar-refractivity contribution in [1.29, 1.82) is 0 Å². The first-order chi connectivity index (χ1) is 8.45. The highest BCUT2D eigenvalue weighted by molar-refractivity contribution is 8.00. The number of carboxylic acids is 1. The number of aromatic carboxylic acids is 1. The van der Waals surface area contributed by atoms with Crippen LogP contribution < -0.4 is 0 Å². The van der Waals surface area contributed by atoms with Gasteiger partial charge < -0.3 is 10.2 Å². The fourth-order valence-corrected chi connectivity index (χ4v) is 2.44. The monoisotopic (exact) mass is 271 g/mol. The molecule has 0 aromatic heterocycles. The molecule has 0 aliphatic carbocycles. The van der Waals surface area contributed by atoms with E-state index in [1.165, 1.54) is 23.9 Å². The molecule has 0 radical (unpaired) electrons. The lowest BCUT2D eigenvalue weighted by molar-refractivity contribution is -0.384. The molecule has 18 heavy (non-hydrogen) atoms. The van der Waals surface area contributed by atoms with Crippen molar-refractivity contribution in [3.8, 4) is 0 Å². The highest BCUT2D eigenvalue weighted by Gasteiger charge is 2.17. The predicted molar refractivity (Wildman–Crippen MR) is 67.1 cm³/mol. The Morgan fingerprint density at radius 1 is 1.56 bits per heavy atom. The molecule has 6 nitrogen and oxygen atoms in total. The van der Waals surface area contributed by atoms with Gasteiger partial charge in [0.15, 0.2) is 0 Å². The predicted octanol–water partition coefficient (Wildman–Crippen LogP) is 2.16. The largest absolute Gasteiger partial charge is 0.478 e. The molecule has 1 unspecified atom stereocenters. The van der Waals surface area contributed by atoms with E-state index in [1.54, 1.807) is 0 Å². The van der Waals surface area contributed by atoms with Crippen molar-refractivity contribution in [2.75, 3.05) is 6.61 Å². The van der Waals surface area contributed by atoms with Gasteiger partial charge in [0.1, 0.15) is 0 Å². The number of carbonyl (C=O) groups is 1. The van der Waals surface area contributed by atoms with Crippen LogP contribution in [-0.4, -0.2) is 33.0 Å².